The lowest BCUT2D eigenvalue weighted by Crippen LogP contribution is -1.80. The highest BCUT2D eigenvalue weighted by Gasteiger charge is 2.35. The Hall–Kier alpha value is -1.04. The first-order valence-electron chi connectivity index (χ1n) is 7.13. The van der Waals surface area contributed by atoms with Crippen LogP contribution in [0.15, 0.2) is 42.5 Å². The molecule has 0 amide bonds. The molecule has 2 atom stereocenters. The molecule has 0 spiro atoms. The van der Waals surface area contributed by atoms with Crippen molar-refractivity contribution in [1.82, 2.24) is 0 Å². The monoisotopic (exact) mass is 228 g/mol. The molecule has 1 aromatic carbocycles. The highest BCUT2D eigenvalue weighted by Crippen LogP contribution is 2.48. The Morgan fingerprint density at radius 3 is 2.71 bits per heavy atom. The number of rotatable bonds is 7. The van der Waals surface area contributed by atoms with Crippen LogP contribution >= 0.6 is 0 Å². The van der Waals surface area contributed by atoms with Gasteiger partial charge < -0.3 is 0 Å². The van der Waals surface area contributed by atoms with Crippen molar-refractivity contribution in [2.45, 2.75) is 51.4 Å². The average molecular weight is 228 g/mol. The van der Waals surface area contributed by atoms with Crippen LogP contribution in [-0.2, 0) is 0 Å². The van der Waals surface area contributed by atoms with E-state index in [1.54, 1.807) is 0 Å². The summed E-state index contributed by atoms with van der Waals surface area (Å²) in [6.07, 6.45) is 13.0. The van der Waals surface area contributed by atoms with Gasteiger partial charge in [-0.15, -0.1) is 0 Å². The molecule has 0 unspecified atom stereocenters. The molecule has 92 valence electrons. The maximum absolute atomic E-state index is 2.45. The topological polar surface area (TPSA) is 0 Å². The van der Waals surface area contributed by atoms with Crippen molar-refractivity contribution in [2.24, 2.45) is 5.92 Å². The Morgan fingerprint density at radius 1 is 1.12 bits per heavy atom. The van der Waals surface area contributed by atoms with E-state index in [2.05, 4.69) is 49.4 Å². The number of benzene rings is 1. The van der Waals surface area contributed by atoms with E-state index in [9.17, 15) is 0 Å². The van der Waals surface area contributed by atoms with Crippen LogP contribution in [-0.4, -0.2) is 0 Å². The first-order chi connectivity index (χ1) is 8.42. The average Bonchev–Trinajstić information content (AvgIpc) is 3.14. The van der Waals surface area contributed by atoms with Crippen molar-refractivity contribution >= 4 is 0 Å². The van der Waals surface area contributed by atoms with E-state index in [1.165, 1.54) is 44.1 Å². The summed E-state index contributed by atoms with van der Waals surface area (Å²) in [4.78, 5) is 0. The van der Waals surface area contributed by atoms with E-state index < -0.39 is 0 Å². The molecule has 0 N–H and O–H groups in total. The highest BCUT2D eigenvalue weighted by molar-refractivity contribution is 5.28. The molecule has 17 heavy (non-hydrogen) atoms. The van der Waals surface area contributed by atoms with E-state index in [0.29, 0.717) is 0 Å². The lowest BCUT2D eigenvalue weighted by Gasteiger charge is -1.96. The predicted molar refractivity (Wildman–Crippen MR) is 75.2 cm³/mol. The van der Waals surface area contributed by atoms with Gasteiger partial charge in [0.2, 0.25) is 0 Å². The summed E-state index contributed by atoms with van der Waals surface area (Å²) >= 11 is 0. The summed E-state index contributed by atoms with van der Waals surface area (Å²) in [7, 11) is 0. The van der Waals surface area contributed by atoms with Crippen molar-refractivity contribution in [3.63, 3.8) is 0 Å². The lowest BCUT2D eigenvalue weighted by molar-refractivity contribution is 0.673. The zero-order valence-corrected chi connectivity index (χ0v) is 10.9. The van der Waals surface area contributed by atoms with Gasteiger partial charge in [0.05, 0.1) is 0 Å². The van der Waals surface area contributed by atoms with Gasteiger partial charge in [-0.3, -0.25) is 0 Å². The van der Waals surface area contributed by atoms with Crippen LogP contribution in [0.2, 0.25) is 0 Å². The minimum atomic E-state index is 0.808. The summed E-state index contributed by atoms with van der Waals surface area (Å²) in [5.41, 5.74) is 1.52. The summed E-state index contributed by atoms with van der Waals surface area (Å²) in [5, 5.41) is 0. The largest absolute Gasteiger partial charge is 0.0882 e. The zero-order valence-electron chi connectivity index (χ0n) is 10.9. The molecule has 0 nitrogen and oxygen atoms in total. The highest BCUT2D eigenvalue weighted by atomic mass is 14.4. The maximum atomic E-state index is 2.45. The van der Waals surface area contributed by atoms with Gasteiger partial charge in [-0.05, 0) is 36.7 Å². The Kier molecular flexibility index (Phi) is 4.85. The third-order valence-electron chi connectivity index (χ3n) is 3.68. The number of allylic oxidation sites excluding steroid dienone is 2. The fourth-order valence-corrected chi connectivity index (χ4v) is 2.47. The SMILES string of the molecule is CCCCCC/C=C\[C@@H]1C[C@H]1c1ccccc1. The summed E-state index contributed by atoms with van der Waals surface area (Å²) in [6.45, 7) is 2.27. The quantitative estimate of drug-likeness (QED) is 0.438. The Labute approximate surface area is 106 Å². The molecule has 0 bridgehead atoms. The molecule has 2 rings (SSSR count). The summed E-state index contributed by atoms with van der Waals surface area (Å²) in [5.74, 6) is 1.63. The van der Waals surface area contributed by atoms with Crippen molar-refractivity contribution in [3.05, 3.63) is 48.0 Å². The van der Waals surface area contributed by atoms with Crippen molar-refractivity contribution < 1.29 is 0 Å². The van der Waals surface area contributed by atoms with Crippen molar-refractivity contribution in [3.8, 4) is 0 Å². The van der Waals surface area contributed by atoms with Crippen LogP contribution in [0.25, 0.3) is 0 Å². The molecular weight excluding hydrogens is 204 g/mol. The van der Waals surface area contributed by atoms with Crippen molar-refractivity contribution in [2.75, 3.05) is 0 Å². The third-order valence-corrected chi connectivity index (χ3v) is 3.68. The molecule has 0 radical (unpaired) electrons. The van der Waals surface area contributed by atoms with E-state index in [4.69, 9.17) is 0 Å². The minimum absolute atomic E-state index is 0.808. The molecule has 1 saturated carbocycles. The molecule has 1 aliphatic rings. The molecule has 0 heteroatoms. The normalized spacial score (nSPS) is 23.1. The number of hydrogen-bond acceptors (Lipinski definition) is 0. The third kappa shape index (κ3) is 4.03. The molecule has 0 aliphatic heterocycles. The first-order valence-corrected chi connectivity index (χ1v) is 7.13. The fraction of sp³-hybridized carbons (Fsp3) is 0.529. The number of hydrogen-bond donors (Lipinski definition) is 0. The zero-order chi connectivity index (χ0) is 11.9. The Bertz CT molecular complexity index is 336. The van der Waals surface area contributed by atoms with Crippen LogP contribution in [0.4, 0.5) is 0 Å². The van der Waals surface area contributed by atoms with Crippen molar-refractivity contribution in [1.29, 1.82) is 0 Å². The molecular formula is C17H24. The van der Waals surface area contributed by atoms with Gasteiger partial charge in [-0.1, -0.05) is 68.7 Å². The second-order valence-corrected chi connectivity index (χ2v) is 5.19. The lowest BCUT2D eigenvalue weighted by atomic mass is 10.1. The summed E-state index contributed by atoms with van der Waals surface area (Å²) in [6, 6.07) is 10.9. The second kappa shape index (κ2) is 6.64. The van der Waals surface area contributed by atoms with Gasteiger partial charge in [-0.2, -0.15) is 0 Å². The van der Waals surface area contributed by atoms with E-state index in [1.807, 2.05) is 0 Å². The maximum Gasteiger partial charge on any atom is -0.00930 e. The molecule has 0 aromatic heterocycles. The number of unbranched alkanes of at least 4 members (excludes halogenated alkanes) is 4. The molecule has 0 heterocycles. The standard InChI is InChI=1S/C17H24/c1-2-3-4-5-6-8-13-16-14-17(16)15-11-9-7-10-12-15/h7-13,16-17H,2-6,14H2,1H3/b13-8-/t16-,17+/m1/s1. The molecule has 0 saturated heterocycles. The Balaban J connectivity index is 1.64. The van der Waals surface area contributed by atoms with Crippen LogP contribution in [0, 0.1) is 5.92 Å². The van der Waals surface area contributed by atoms with E-state index in [-0.39, 0.29) is 0 Å². The predicted octanol–water partition coefficient (Wildman–Crippen LogP) is 5.32. The minimum Gasteiger partial charge on any atom is -0.0882 e. The van der Waals surface area contributed by atoms with Crippen LogP contribution < -0.4 is 0 Å². The van der Waals surface area contributed by atoms with Gasteiger partial charge in [-0.25, -0.2) is 0 Å². The van der Waals surface area contributed by atoms with Crippen LogP contribution in [0.3, 0.4) is 0 Å². The molecule has 1 aromatic rings. The van der Waals surface area contributed by atoms with E-state index >= 15 is 0 Å². The summed E-state index contributed by atoms with van der Waals surface area (Å²) < 4.78 is 0. The van der Waals surface area contributed by atoms with E-state index in [0.717, 1.165) is 11.8 Å². The van der Waals surface area contributed by atoms with Gasteiger partial charge in [0.15, 0.2) is 0 Å². The fourth-order valence-electron chi connectivity index (χ4n) is 2.47. The smallest absolute Gasteiger partial charge is 0.00930 e. The van der Waals surface area contributed by atoms with Gasteiger partial charge >= 0.3 is 0 Å². The van der Waals surface area contributed by atoms with Crippen LogP contribution in [0.1, 0.15) is 56.9 Å². The van der Waals surface area contributed by atoms with Gasteiger partial charge in [0.1, 0.15) is 0 Å². The molecule has 1 fully saturated rings. The van der Waals surface area contributed by atoms with Crippen LogP contribution in [0.5, 0.6) is 0 Å². The van der Waals surface area contributed by atoms with Gasteiger partial charge in [0, 0.05) is 0 Å². The van der Waals surface area contributed by atoms with Gasteiger partial charge in [0.25, 0.3) is 0 Å². The first kappa shape index (κ1) is 12.4. The Morgan fingerprint density at radius 2 is 1.94 bits per heavy atom. The molecule has 1 aliphatic carbocycles. The second-order valence-electron chi connectivity index (χ2n) is 5.19.